The van der Waals surface area contributed by atoms with Crippen LogP contribution in [0.2, 0.25) is 5.02 Å². The fourth-order valence-corrected chi connectivity index (χ4v) is 3.58. The molecule has 0 N–H and O–H groups in total. The molecule has 0 aliphatic carbocycles. The number of rotatable bonds is 3. The van der Waals surface area contributed by atoms with Crippen molar-refractivity contribution in [2.75, 3.05) is 11.4 Å². The van der Waals surface area contributed by atoms with Crippen molar-refractivity contribution in [1.29, 1.82) is 0 Å². The number of carbonyl (C=O) groups is 1. The molecule has 1 saturated heterocycles. The number of benzene rings is 2. The molecule has 2 heterocycles. The maximum Gasteiger partial charge on any atom is 0.232 e. The summed E-state index contributed by atoms with van der Waals surface area (Å²) in [5.41, 5.74) is 2.33. The predicted molar refractivity (Wildman–Crippen MR) is 103 cm³/mol. The molecule has 4 rings (SSSR count). The standard InChI is InChI=1S/C19H14BrClFN3O2/c1-10-2-4-13(8-15(10)21)25-9-12(7-17(25)26)19-23-18(24-27-19)11-3-5-16(22)14(20)6-11/h2-6,8,12H,7,9H2,1H3. The Bertz CT molecular complexity index is 1040. The first kappa shape index (κ1) is 18.1. The molecule has 138 valence electrons. The Hall–Kier alpha value is -2.25. The molecule has 1 aliphatic rings. The molecule has 3 aromatic rings. The highest BCUT2D eigenvalue weighted by Gasteiger charge is 2.35. The number of hydrogen-bond donors (Lipinski definition) is 0. The third-order valence-corrected chi connectivity index (χ3v) is 5.58. The highest BCUT2D eigenvalue weighted by Crippen LogP contribution is 2.34. The summed E-state index contributed by atoms with van der Waals surface area (Å²) in [5.74, 6) is 0.151. The first-order valence-electron chi connectivity index (χ1n) is 8.28. The van der Waals surface area contributed by atoms with Gasteiger partial charge in [-0.2, -0.15) is 4.98 Å². The van der Waals surface area contributed by atoms with Crippen LogP contribution in [0.4, 0.5) is 10.1 Å². The van der Waals surface area contributed by atoms with Crippen molar-refractivity contribution in [2.24, 2.45) is 0 Å². The molecule has 0 spiro atoms. The van der Waals surface area contributed by atoms with Crippen LogP contribution >= 0.6 is 27.5 Å². The van der Waals surface area contributed by atoms with Crippen molar-refractivity contribution < 1.29 is 13.7 Å². The highest BCUT2D eigenvalue weighted by molar-refractivity contribution is 9.10. The second-order valence-corrected chi connectivity index (χ2v) is 7.69. The first-order valence-corrected chi connectivity index (χ1v) is 9.45. The second kappa shape index (κ2) is 7.05. The second-order valence-electron chi connectivity index (χ2n) is 6.42. The fraction of sp³-hybridized carbons (Fsp3) is 0.211. The van der Waals surface area contributed by atoms with E-state index in [9.17, 15) is 9.18 Å². The van der Waals surface area contributed by atoms with E-state index < -0.39 is 0 Å². The molecule has 1 aliphatic heterocycles. The van der Waals surface area contributed by atoms with E-state index in [4.69, 9.17) is 16.1 Å². The minimum atomic E-state index is -0.365. The van der Waals surface area contributed by atoms with Crippen molar-refractivity contribution >= 4 is 39.1 Å². The molecule has 2 aromatic carbocycles. The van der Waals surface area contributed by atoms with Crippen molar-refractivity contribution in [1.82, 2.24) is 10.1 Å². The number of halogens is 3. The highest BCUT2D eigenvalue weighted by atomic mass is 79.9. The summed E-state index contributed by atoms with van der Waals surface area (Å²) in [7, 11) is 0. The normalized spacial score (nSPS) is 17.0. The van der Waals surface area contributed by atoms with Crippen molar-refractivity contribution in [2.45, 2.75) is 19.3 Å². The van der Waals surface area contributed by atoms with E-state index in [1.54, 1.807) is 23.1 Å². The van der Waals surface area contributed by atoms with E-state index in [1.165, 1.54) is 6.07 Å². The van der Waals surface area contributed by atoms with Gasteiger partial charge in [0.1, 0.15) is 5.82 Å². The zero-order valence-corrected chi connectivity index (χ0v) is 16.6. The smallest absolute Gasteiger partial charge is 0.232 e. The van der Waals surface area contributed by atoms with Crippen LogP contribution in [0.3, 0.4) is 0 Å². The van der Waals surface area contributed by atoms with Crippen molar-refractivity contribution in [3.05, 3.63) is 63.2 Å². The van der Waals surface area contributed by atoms with E-state index in [1.807, 2.05) is 19.1 Å². The molecule has 5 nitrogen and oxygen atoms in total. The van der Waals surface area contributed by atoms with E-state index in [0.717, 1.165) is 11.3 Å². The summed E-state index contributed by atoms with van der Waals surface area (Å²) < 4.78 is 19.1. The summed E-state index contributed by atoms with van der Waals surface area (Å²) in [5, 5.41) is 4.59. The molecule has 1 atom stereocenters. The van der Waals surface area contributed by atoms with Crippen LogP contribution in [0.1, 0.15) is 23.8 Å². The summed E-state index contributed by atoms with van der Waals surface area (Å²) in [6.07, 6.45) is 0.278. The molecule has 1 fully saturated rings. The predicted octanol–water partition coefficient (Wildman–Crippen LogP) is 5.12. The number of aryl methyl sites for hydroxylation is 1. The maximum atomic E-state index is 13.4. The monoisotopic (exact) mass is 449 g/mol. The van der Waals surface area contributed by atoms with Gasteiger partial charge in [-0.1, -0.05) is 22.8 Å². The van der Waals surface area contributed by atoms with Crippen molar-refractivity contribution in [3.8, 4) is 11.4 Å². The van der Waals surface area contributed by atoms with Gasteiger partial charge in [0.05, 0.1) is 10.4 Å². The Morgan fingerprint density at radius 3 is 2.85 bits per heavy atom. The van der Waals surface area contributed by atoms with Gasteiger partial charge in [-0.15, -0.1) is 0 Å². The fourth-order valence-electron chi connectivity index (χ4n) is 3.03. The van der Waals surface area contributed by atoms with Gasteiger partial charge < -0.3 is 9.42 Å². The topological polar surface area (TPSA) is 59.2 Å². The average Bonchev–Trinajstić information content (AvgIpc) is 3.27. The van der Waals surface area contributed by atoms with Crippen LogP contribution in [0.15, 0.2) is 45.4 Å². The number of anilines is 1. The van der Waals surface area contributed by atoms with E-state index in [-0.39, 0.29) is 24.1 Å². The average molecular weight is 451 g/mol. The van der Waals surface area contributed by atoms with Gasteiger partial charge in [0.25, 0.3) is 0 Å². The minimum Gasteiger partial charge on any atom is -0.339 e. The Morgan fingerprint density at radius 1 is 1.30 bits per heavy atom. The van der Waals surface area contributed by atoms with E-state index >= 15 is 0 Å². The van der Waals surface area contributed by atoms with E-state index in [0.29, 0.717) is 33.3 Å². The lowest BCUT2D eigenvalue weighted by Crippen LogP contribution is -2.24. The summed E-state index contributed by atoms with van der Waals surface area (Å²) in [6.45, 7) is 2.35. The molecule has 0 radical (unpaired) electrons. The van der Waals surface area contributed by atoms with Crippen LogP contribution in [0.25, 0.3) is 11.4 Å². The summed E-state index contributed by atoms with van der Waals surface area (Å²) in [4.78, 5) is 18.5. The zero-order chi connectivity index (χ0) is 19.1. The summed E-state index contributed by atoms with van der Waals surface area (Å²) >= 11 is 9.32. The lowest BCUT2D eigenvalue weighted by molar-refractivity contribution is -0.117. The molecule has 1 unspecified atom stereocenters. The molecule has 0 saturated carbocycles. The Balaban J connectivity index is 1.56. The number of hydrogen-bond acceptors (Lipinski definition) is 4. The van der Waals surface area contributed by atoms with Crippen LogP contribution in [-0.4, -0.2) is 22.6 Å². The molecule has 1 aromatic heterocycles. The maximum absolute atomic E-state index is 13.4. The molecule has 8 heteroatoms. The van der Waals surface area contributed by atoms with E-state index in [2.05, 4.69) is 26.1 Å². The quantitative estimate of drug-likeness (QED) is 0.556. The van der Waals surface area contributed by atoms with Gasteiger partial charge in [0.15, 0.2) is 0 Å². The molecule has 1 amide bonds. The van der Waals surface area contributed by atoms with Crippen LogP contribution in [-0.2, 0) is 4.79 Å². The third kappa shape index (κ3) is 3.49. The molecule has 0 bridgehead atoms. The largest absolute Gasteiger partial charge is 0.339 e. The van der Waals surface area contributed by atoms with Gasteiger partial charge in [-0.05, 0) is 58.7 Å². The van der Waals surface area contributed by atoms with Crippen LogP contribution < -0.4 is 4.90 Å². The minimum absolute atomic E-state index is 0.0239. The van der Waals surface area contributed by atoms with Gasteiger partial charge in [-0.3, -0.25) is 4.79 Å². The molecule has 27 heavy (non-hydrogen) atoms. The number of nitrogens with zero attached hydrogens (tertiary/aromatic N) is 3. The van der Waals surface area contributed by atoms with Gasteiger partial charge in [0, 0.05) is 29.2 Å². The molecular formula is C19H14BrClFN3O2. The number of carbonyl (C=O) groups excluding carboxylic acids is 1. The SMILES string of the molecule is Cc1ccc(N2CC(c3nc(-c4ccc(F)c(Br)c4)no3)CC2=O)cc1Cl. The first-order chi connectivity index (χ1) is 12.9. The Kier molecular flexibility index (Phi) is 4.74. The molecular weight excluding hydrogens is 437 g/mol. The third-order valence-electron chi connectivity index (χ3n) is 4.56. The number of amides is 1. The zero-order valence-electron chi connectivity index (χ0n) is 14.2. The summed E-state index contributed by atoms with van der Waals surface area (Å²) in [6, 6.07) is 10.0. The van der Waals surface area contributed by atoms with Gasteiger partial charge in [-0.25, -0.2) is 4.39 Å². The number of aromatic nitrogens is 2. The van der Waals surface area contributed by atoms with Crippen LogP contribution in [0.5, 0.6) is 0 Å². The Morgan fingerprint density at radius 2 is 2.11 bits per heavy atom. The van der Waals surface area contributed by atoms with Crippen molar-refractivity contribution in [3.63, 3.8) is 0 Å². The van der Waals surface area contributed by atoms with Gasteiger partial charge >= 0.3 is 0 Å². The lowest BCUT2D eigenvalue weighted by atomic mass is 10.1. The lowest BCUT2D eigenvalue weighted by Gasteiger charge is -2.17. The van der Waals surface area contributed by atoms with Crippen LogP contribution in [0, 0.1) is 12.7 Å². The Labute approximate surface area is 168 Å². The van der Waals surface area contributed by atoms with Gasteiger partial charge in [0.2, 0.25) is 17.6 Å².